The summed E-state index contributed by atoms with van der Waals surface area (Å²) in [6, 6.07) is 11.8. The molecule has 0 radical (unpaired) electrons. The Morgan fingerprint density at radius 3 is 1.44 bits per heavy atom. The van der Waals surface area contributed by atoms with Gasteiger partial charge in [0.15, 0.2) is 0 Å². The molecule has 0 atom stereocenters. The van der Waals surface area contributed by atoms with Gasteiger partial charge in [-0.05, 0) is 48.2 Å². The van der Waals surface area contributed by atoms with Gasteiger partial charge in [0.2, 0.25) is 11.8 Å². The molecule has 10 heteroatoms. The zero-order valence-corrected chi connectivity index (χ0v) is 18.1. The van der Waals surface area contributed by atoms with Crippen molar-refractivity contribution in [2.24, 2.45) is 0 Å². The van der Waals surface area contributed by atoms with Crippen LogP contribution >= 0.6 is 0 Å². The smallest absolute Gasteiger partial charge is 0.225 e. The second-order valence-corrected chi connectivity index (χ2v) is 7.63. The molecule has 0 aliphatic carbocycles. The molecule has 2 aromatic carbocycles. The molecule has 2 heterocycles. The lowest BCUT2D eigenvalue weighted by molar-refractivity contribution is -0.118. The van der Waals surface area contributed by atoms with Crippen LogP contribution in [-0.2, 0) is 9.59 Å². The lowest BCUT2D eigenvalue weighted by atomic mass is 10.1. The van der Waals surface area contributed by atoms with Crippen LogP contribution in [0.4, 0.5) is 20.4 Å². The summed E-state index contributed by atoms with van der Waals surface area (Å²) in [5, 5.41) is 18.9. The van der Waals surface area contributed by atoms with Gasteiger partial charge < -0.3 is 10.6 Å². The summed E-state index contributed by atoms with van der Waals surface area (Å²) in [7, 11) is 0. The predicted molar refractivity (Wildman–Crippen MR) is 124 cm³/mol. The summed E-state index contributed by atoms with van der Waals surface area (Å²) in [5.41, 5.74) is 2.76. The number of nitrogens with zero attached hydrogens (tertiary/aromatic N) is 2. The molecule has 8 nitrogen and oxygen atoms in total. The van der Waals surface area contributed by atoms with E-state index in [1.54, 1.807) is 36.7 Å². The fourth-order valence-corrected chi connectivity index (χ4v) is 3.43. The van der Waals surface area contributed by atoms with Crippen LogP contribution < -0.4 is 10.6 Å². The highest BCUT2D eigenvalue weighted by molar-refractivity contribution is 5.95. The van der Waals surface area contributed by atoms with Crippen molar-refractivity contribution in [1.29, 1.82) is 0 Å². The molecule has 0 aliphatic heterocycles. The van der Waals surface area contributed by atoms with Crippen molar-refractivity contribution < 1.29 is 18.4 Å². The van der Waals surface area contributed by atoms with E-state index in [0.29, 0.717) is 35.6 Å². The van der Waals surface area contributed by atoms with Crippen molar-refractivity contribution in [3.63, 3.8) is 0 Å². The van der Waals surface area contributed by atoms with E-state index in [1.807, 2.05) is 0 Å². The van der Waals surface area contributed by atoms with E-state index in [4.69, 9.17) is 0 Å². The van der Waals surface area contributed by atoms with Gasteiger partial charge in [-0.3, -0.25) is 19.8 Å². The molecule has 0 spiro atoms. The maximum Gasteiger partial charge on any atom is 0.225 e. The van der Waals surface area contributed by atoms with Crippen molar-refractivity contribution in [2.75, 3.05) is 10.6 Å². The molecule has 0 unspecified atom stereocenters. The number of nitrogens with one attached hydrogen (secondary N) is 4. The van der Waals surface area contributed by atoms with E-state index in [2.05, 4.69) is 31.0 Å². The molecule has 4 aromatic rings. The van der Waals surface area contributed by atoms with Crippen LogP contribution in [0.2, 0.25) is 0 Å². The molecule has 34 heavy (non-hydrogen) atoms. The Kier molecular flexibility index (Phi) is 7.07. The quantitative estimate of drug-likeness (QED) is 0.264. The number of carbonyl (C=O) groups excluding carboxylic acids is 2. The number of aromatic nitrogens is 4. The average molecular weight is 464 g/mol. The number of benzene rings is 2. The number of amides is 2. The Bertz CT molecular complexity index is 1170. The summed E-state index contributed by atoms with van der Waals surface area (Å²) < 4.78 is 26.3. The Balaban J connectivity index is 1.23. The maximum absolute atomic E-state index is 13.1. The topological polar surface area (TPSA) is 116 Å². The fourth-order valence-electron chi connectivity index (χ4n) is 3.43. The first-order valence-corrected chi connectivity index (χ1v) is 10.7. The summed E-state index contributed by atoms with van der Waals surface area (Å²) >= 11 is 0. The highest BCUT2D eigenvalue weighted by atomic mass is 19.1. The van der Waals surface area contributed by atoms with Crippen LogP contribution in [-0.4, -0.2) is 32.2 Å². The van der Waals surface area contributed by atoms with Crippen molar-refractivity contribution >= 4 is 23.5 Å². The molecule has 4 N–H and O–H groups in total. The number of halogens is 2. The van der Waals surface area contributed by atoms with Gasteiger partial charge in [0, 0.05) is 24.0 Å². The zero-order valence-electron chi connectivity index (χ0n) is 18.1. The molecule has 0 fully saturated rings. The number of hydrogen-bond donors (Lipinski definition) is 4. The minimum atomic E-state index is -0.346. The van der Waals surface area contributed by atoms with Crippen LogP contribution in [0.25, 0.3) is 22.3 Å². The van der Waals surface area contributed by atoms with Gasteiger partial charge in [-0.2, -0.15) is 10.2 Å². The molecule has 174 valence electrons. The lowest BCUT2D eigenvalue weighted by Crippen LogP contribution is -2.14. The second kappa shape index (κ2) is 10.5. The summed E-state index contributed by atoms with van der Waals surface area (Å²) in [6.07, 6.45) is 4.58. The van der Waals surface area contributed by atoms with E-state index >= 15 is 0 Å². The molecule has 0 saturated heterocycles. The summed E-state index contributed by atoms with van der Waals surface area (Å²) in [6.45, 7) is 0. The predicted octanol–water partition coefficient (Wildman–Crippen LogP) is 4.88. The standard InChI is InChI=1S/C24H22F2N6O2/c25-17-9-5-15(6-10-17)19-13-27-31-23(19)29-21(33)3-1-2-4-22(34)30-24-20(14-28-32-24)16-7-11-18(26)12-8-16/h5-14H,1-4H2,(H2,27,29,31,33)(H2,28,30,32,34). The van der Waals surface area contributed by atoms with Gasteiger partial charge in [0.25, 0.3) is 0 Å². The number of carbonyl (C=O) groups is 2. The van der Waals surface area contributed by atoms with Gasteiger partial charge in [0.05, 0.1) is 12.4 Å². The van der Waals surface area contributed by atoms with Crippen LogP contribution in [0.5, 0.6) is 0 Å². The van der Waals surface area contributed by atoms with Crippen LogP contribution in [0.1, 0.15) is 25.7 Å². The van der Waals surface area contributed by atoms with Crippen molar-refractivity contribution in [1.82, 2.24) is 20.4 Å². The first-order chi connectivity index (χ1) is 16.5. The molecule has 4 rings (SSSR count). The van der Waals surface area contributed by atoms with Gasteiger partial charge in [0.1, 0.15) is 23.3 Å². The van der Waals surface area contributed by atoms with Gasteiger partial charge in [-0.25, -0.2) is 8.78 Å². The molecule has 0 aliphatic rings. The van der Waals surface area contributed by atoms with Gasteiger partial charge >= 0.3 is 0 Å². The van der Waals surface area contributed by atoms with Gasteiger partial charge in [-0.1, -0.05) is 24.3 Å². The Morgan fingerprint density at radius 1 is 0.676 bits per heavy atom. The summed E-state index contributed by atoms with van der Waals surface area (Å²) in [5.74, 6) is -0.272. The minimum Gasteiger partial charge on any atom is -0.311 e. The zero-order chi connectivity index (χ0) is 23.9. The normalized spacial score (nSPS) is 10.8. The number of anilines is 2. The van der Waals surface area contributed by atoms with E-state index < -0.39 is 0 Å². The number of H-pyrrole nitrogens is 2. The first kappa shape index (κ1) is 22.8. The number of aromatic amines is 2. The third-order valence-electron chi connectivity index (χ3n) is 5.18. The van der Waals surface area contributed by atoms with Crippen LogP contribution in [0, 0.1) is 11.6 Å². The van der Waals surface area contributed by atoms with E-state index in [9.17, 15) is 18.4 Å². The lowest BCUT2D eigenvalue weighted by Gasteiger charge is -2.07. The van der Waals surface area contributed by atoms with Gasteiger partial charge in [-0.15, -0.1) is 0 Å². The van der Waals surface area contributed by atoms with Crippen molar-refractivity contribution in [2.45, 2.75) is 25.7 Å². The first-order valence-electron chi connectivity index (χ1n) is 10.7. The van der Waals surface area contributed by atoms with Crippen molar-refractivity contribution in [3.05, 3.63) is 72.6 Å². The second-order valence-electron chi connectivity index (χ2n) is 7.63. The van der Waals surface area contributed by atoms with Crippen LogP contribution in [0.15, 0.2) is 60.9 Å². The highest BCUT2D eigenvalue weighted by Gasteiger charge is 2.13. The molecule has 0 bridgehead atoms. The van der Waals surface area contributed by atoms with Crippen molar-refractivity contribution in [3.8, 4) is 22.3 Å². The molecular formula is C24H22F2N6O2. The van der Waals surface area contributed by atoms with E-state index in [1.165, 1.54) is 24.3 Å². The third-order valence-corrected chi connectivity index (χ3v) is 5.18. The molecule has 2 aromatic heterocycles. The molecule has 2 amide bonds. The third kappa shape index (κ3) is 5.71. The van der Waals surface area contributed by atoms with Crippen LogP contribution in [0.3, 0.4) is 0 Å². The average Bonchev–Trinajstić information content (AvgIpc) is 3.47. The Labute approximate surface area is 193 Å². The molecule has 0 saturated carbocycles. The Hall–Kier alpha value is -4.34. The van der Waals surface area contributed by atoms with E-state index in [-0.39, 0.29) is 36.3 Å². The summed E-state index contributed by atoms with van der Waals surface area (Å²) in [4.78, 5) is 24.6. The fraction of sp³-hybridized carbons (Fsp3) is 0.167. The number of rotatable bonds is 9. The largest absolute Gasteiger partial charge is 0.311 e. The Morgan fingerprint density at radius 2 is 1.06 bits per heavy atom. The number of unbranched alkanes of at least 4 members (excludes halogenated alkanes) is 1. The SMILES string of the molecule is O=C(CCCCC(=O)Nc1[nH]ncc1-c1ccc(F)cc1)Nc1[nH]ncc1-c1ccc(F)cc1. The highest BCUT2D eigenvalue weighted by Crippen LogP contribution is 2.27. The maximum atomic E-state index is 13.1. The monoisotopic (exact) mass is 464 g/mol. The number of hydrogen-bond acceptors (Lipinski definition) is 4. The molecular weight excluding hydrogens is 442 g/mol. The minimum absolute atomic E-state index is 0.222. The van der Waals surface area contributed by atoms with E-state index in [0.717, 1.165) is 11.1 Å².